The Morgan fingerprint density at radius 2 is 1.81 bits per heavy atom. The summed E-state index contributed by atoms with van der Waals surface area (Å²) >= 11 is 0. The van der Waals surface area contributed by atoms with Crippen LogP contribution in [0.25, 0.3) is 10.8 Å². The molecule has 0 radical (unpaired) electrons. The molecule has 0 saturated heterocycles. The van der Waals surface area contributed by atoms with E-state index in [-0.39, 0.29) is 18.0 Å². The molecular weight excluding hydrogens is 346 g/mol. The summed E-state index contributed by atoms with van der Waals surface area (Å²) in [4.78, 5) is 25.0. The Morgan fingerprint density at radius 3 is 2.59 bits per heavy atom. The van der Waals surface area contributed by atoms with Gasteiger partial charge in [0.15, 0.2) is 11.5 Å². The number of hydrogen-bond donors (Lipinski definition) is 1. The number of benzene rings is 2. The summed E-state index contributed by atoms with van der Waals surface area (Å²) in [5, 5.41) is 8.36. The third kappa shape index (κ3) is 3.23. The lowest BCUT2D eigenvalue weighted by molar-refractivity contribution is -0.117. The SMILES string of the molecule is Cc1nn(CC(=O)Nc2ccc3c(c2)OC(C)(C)O3)c(=O)c2ccccc12. The molecule has 2 aromatic carbocycles. The fraction of sp³-hybridized carbons (Fsp3) is 0.250. The number of amides is 1. The van der Waals surface area contributed by atoms with Crippen LogP contribution >= 0.6 is 0 Å². The zero-order valence-corrected chi connectivity index (χ0v) is 15.3. The van der Waals surface area contributed by atoms with E-state index in [1.807, 2.05) is 32.9 Å². The largest absolute Gasteiger partial charge is 0.449 e. The van der Waals surface area contributed by atoms with Gasteiger partial charge in [0.05, 0.1) is 11.1 Å². The Balaban J connectivity index is 1.55. The van der Waals surface area contributed by atoms with E-state index in [0.29, 0.717) is 28.3 Å². The highest BCUT2D eigenvalue weighted by Crippen LogP contribution is 2.40. The predicted octanol–water partition coefficient (Wildman–Crippen LogP) is 2.85. The molecule has 0 bridgehead atoms. The second kappa shape index (κ2) is 6.12. The highest BCUT2D eigenvalue weighted by Gasteiger charge is 2.31. The van der Waals surface area contributed by atoms with Gasteiger partial charge in [0.2, 0.25) is 11.7 Å². The van der Waals surface area contributed by atoms with Crippen molar-refractivity contribution in [2.24, 2.45) is 0 Å². The molecule has 1 amide bonds. The summed E-state index contributed by atoms with van der Waals surface area (Å²) in [7, 11) is 0. The van der Waals surface area contributed by atoms with Crippen molar-refractivity contribution in [1.82, 2.24) is 9.78 Å². The summed E-state index contributed by atoms with van der Waals surface area (Å²) in [6, 6.07) is 12.4. The molecule has 0 spiro atoms. The van der Waals surface area contributed by atoms with E-state index >= 15 is 0 Å². The minimum Gasteiger partial charge on any atom is -0.449 e. The zero-order chi connectivity index (χ0) is 19.2. The Bertz CT molecular complexity index is 1120. The van der Waals surface area contributed by atoms with Crippen LogP contribution in [0.4, 0.5) is 5.69 Å². The molecule has 7 heteroatoms. The maximum Gasteiger partial charge on any atom is 0.275 e. The number of carbonyl (C=O) groups is 1. The third-order valence-corrected chi connectivity index (χ3v) is 4.28. The first kappa shape index (κ1) is 17.1. The number of rotatable bonds is 3. The molecule has 1 aromatic heterocycles. The van der Waals surface area contributed by atoms with Crippen LogP contribution in [0, 0.1) is 6.92 Å². The molecule has 27 heavy (non-hydrogen) atoms. The number of aryl methyl sites for hydroxylation is 1. The van der Waals surface area contributed by atoms with Crippen molar-refractivity contribution < 1.29 is 14.3 Å². The molecule has 7 nitrogen and oxygen atoms in total. The number of aromatic nitrogens is 2. The first-order valence-electron chi connectivity index (χ1n) is 8.61. The molecule has 1 aliphatic rings. The average molecular weight is 365 g/mol. The highest BCUT2D eigenvalue weighted by atomic mass is 16.7. The van der Waals surface area contributed by atoms with Crippen LogP contribution in [0.1, 0.15) is 19.5 Å². The number of nitrogens with one attached hydrogen (secondary N) is 1. The van der Waals surface area contributed by atoms with Gasteiger partial charge in [-0.1, -0.05) is 18.2 Å². The standard InChI is InChI=1S/C20H19N3O4/c1-12-14-6-4-5-7-15(14)19(25)23(22-12)11-18(24)21-13-8-9-16-17(10-13)27-20(2,3)26-16/h4-10H,11H2,1-3H3,(H,21,24). The molecule has 0 atom stereocenters. The molecule has 0 fully saturated rings. The van der Waals surface area contributed by atoms with Gasteiger partial charge in [0.1, 0.15) is 6.54 Å². The summed E-state index contributed by atoms with van der Waals surface area (Å²) in [6.45, 7) is 5.26. The van der Waals surface area contributed by atoms with Crippen LogP contribution in [-0.2, 0) is 11.3 Å². The summed E-state index contributed by atoms with van der Waals surface area (Å²) in [6.07, 6.45) is 0. The van der Waals surface area contributed by atoms with Crippen LogP contribution in [0.5, 0.6) is 11.5 Å². The Hall–Kier alpha value is -3.35. The van der Waals surface area contributed by atoms with Gasteiger partial charge in [-0.05, 0) is 25.1 Å². The average Bonchev–Trinajstić information content (AvgIpc) is 2.92. The van der Waals surface area contributed by atoms with Crippen LogP contribution < -0.4 is 20.3 Å². The number of ether oxygens (including phenoxy) is 2. The molecule has 138 valence electrons. The quantitative estimate of drug-likeness (QED) is 0.772. The minimum atomic E-state index is -0.731. The second-order valence-corrected chi connectivity index (χ2v) is 6.91. The zero-order valence-electron chi connectivity index (χ0n) is 15.3. The van der Waals surface area contributed by atoms with Gasteiger partial charge >= 0.3 is 0 Å². The van der Waals surface area contributed by atoms with Crippen molar-refractivity contribution >= 4 is 22.4 Å². The monoisotopic (exact) mass is 365 g/mol. The van der Waals surface area contributed by atoms with Crippen molar-refractivity contribution in [3.63, 3.8) is 0 Å². The van der Waals surface area contributed by atoms with E-state index in [2.05, 4.69) is 10.4 Å². The van der Waals surface area contributed by atoms with Crippen LogP contribution in [0.15, 0.2) is 47.3 Å². The van der Waals surface area contributed by atoms with Crippen molar-refractivity contribution in [1.29, 1.82) is 0 Å². The van der Waals surface area contributed by atoms with E-state index < -0.39 is 5.79 Å². The maximum atomic E-state index is 12.6. The first-order chi connectivity index (χ1) is 12.8. The Morgan fingerprint density at radius 1 is 1.11 bits per heavy atom. The fourth-order valence-electron chi connectivity index (χ4n) is 3.15. The van der Waals surface area contributed by atoms with Crippen LogP contribution in [0.3, 0.4) is 0 Å². The lowest BCUT2D eigenvalue weighted by Gasteiger charge is -2.16. The van der Waals surface area contributed by atoms with E-state index in [0.717, 1.165) is 5.39 Å². The summed E-state index contributed by atoms with van der Waals surface area (Å²) in [5.41, 5.74) is 0.965. The van der Waals surface area contributed by atoms with Crippen molar-refractivity contribution in [2.75, 3.05) is 5.32 Å². The Kier molecular flexibility index (Phi) is 3.87. The van der Waals surface area contributed by atoms with Gasteiger partial charge in [-0.3, -0.25) is 9.59 Å². The summed E-state index contributed by atoms with van der Waals surface area (Å²) < 4.78 is 12.5. The van der Waals surface area contributed by atoms with Crippen molar-refractivity contribution in [2.45, 2.75) is 33.1 Å². The van der Waals surface area contributed by atoms with Gasteiger partial charge < -0.3 is 14.8 Å². The number of nitrogens with zero attached hydrogens (tertiary/aromatic N) is 2. The van der Waals surface area contributed by atoms with Gasteiger partial charge in [0.25, 0.3) is 5.56 Å². The summed E-state index contributed by atoms with van der Waals surface area (Å²) in [5.74, 6) is 0.109. The molecule has 0 unspecified atom stereocenters. The smallest absolute Gasteiger partial charge is 0.275 e. The highest BCUT2D eigenvalue weighted by molar-refractivity contribution is 5.91. The lowest BCUT2D eigenvalue weighted by atomic mass is 10.1. The predicted molar refractivity (Wildman–Crippen MR) is 101 cm³/mol. The van der Waals surface area contributed by atoms with E-state index in [9.17, 15) is 9.59 Å². The normalized spacial score (nSPS) is 14.3. The topological polar surface area (TPSA) is 82.5 Å². The molecule has 1 aliphatic heterocycles. The first-order valence-corrected chi connectivity index (χ1v) is 8.61. The maximum absolute atomic E-state index is 12.6. The minimum absolute atomic E-state index is 0.176. The molecule has 1 N–H and O–H groups in total. The number of hydrogen-bond acceptors (Lipinski definition) is 5. The number of fused-ring (bicyclic) bond motifs is 2. The van der Waals surface area contributed by atoms with Crippen LogP contribution in [0.2, 0.25) is 0 Å². The molecule has 4 rings (SSSR count). The van der Waals surface area contributed by atoms with Crippen molar-refractivity contribution in [3.05, 3.63) is 58.5 Å². The van der Waals surface area contributed by atoms with Gasteiger partial charge in [-0.15, -0.1) is 0 Å². The number of anilines is 1. The van der Waals surface area contributed by atoms with E-state index in [1.54, 1.807) is 30.3 Å². The molecule has 3 aromatic rings. The van der Waals surface area contributed by atoms with Crippen molar-refractivity contribution in [3.8, 4) is 11.5 Å². The van der Waals surface area contributed by atoms with Crippen LogP contribution in [-0.4, -0.2) is 21.5 Å². The Labute approximate surface area is 155 Å². The third-order valence-electron chi connectivity index (χ3n) is 4.28. The van der Waals surface area contributed by atoms with Gasteiger partial charge in [-0.2, -0.15) is 5.10 Å². The molecule has 2 heterocycles. The van der Waals surface area contributed by atoms with Gasteiger partial charge in [-0.25, -0.2) is 4.68 Å². The van der Waals surface area contributed by atoms with Gasteiger partial charge in [0, 0.05) is 31.0 Å². The van der Waals surface area contributed by atoms with E-state index in [4.69, 9.17) is 9.47 Å². The number of carbonyl (C=O) groups excluding carboxylic acids is 1. The molecular formula is C20H19N3O4. The fourth-order valence-corrected chi connectivity index (χ4v) is 3.15. The van der Waals surface area contributed by atoms with E-state index in [1.165, 1.54) is 4.68 Å². The lowest BCUT2D eigenvalue weighted by Crippen LogP contribution is -2.30. The molecule has 0 saturated carbocycles. The molecule has 0 aliphatic carbocycles. The second-order valence-electron chi connectivity index (χ2n) is 6.91.